The first-order valence-corrected chi connectivity index (χ1v) is 7.33. The van der Waals surface area contributed by atoms with Gasteiger partial charge in [0.25, 0.3) is 0 Å². The molecule has 2 aliphatic heterocycles. The largest absolute Gasteiger partial charge is 0.314 e. The number of hydrogen-bond donors (Lipinski definition) is 1. The second-order valence-corrected chi connectivity index (χ2v) is 7.10. The Bertz CT molecular complexity index is 285. The lowest BCUT2D eigenvalue weighted by Crippen LogP contribution is -2.29. The highest BCUT2D eigenvalue weighted by Crippen LogP contribution is 2.31. The van der Waals surface area contributed by atoms with Crippen LogP contribution in [0.15, 0.2) is 0 Å². The molecule has 2 heterocycles. The van der Waals surface area contributed by atoms with Gasteiger partial charge in [-0.2, -0.15) is 0 Å². The second kappa shape index (κ2) is 3.81. The van der Waals surface area contributed by atoms with Crippen LogP contribution in [0.2, 0.25) is 0 Å². The van der Waals surface area contributed by atoms with Crippen molar-refractivity contribution >= 4 is 9.84 Å². The Balaban J connectivity index is 1.89. The molecule has 0 bridgehead atoms. The number of sulfone groups is 1. The third-order valence-electron chi connectivity index (χ3n) is 3.65. The molecule has 0 aliphatic carbocycles. The van der Waals surface area contributed by atoms with Gasteiger partial charge in [0.1, 0.15) is 9.84 Å². The molecule has 0 aromatic heterocycles. The smallest absolute Gasteiger partial charge is 0.150 e. The Kier molecular flexibility index (Phi) is 2.84. The molecule has 0 aromatic rings. The third kappa shape index (κ3) is 2.28. The molecule has 0 radical (unpaired) electrons. The third-order valence-corrected chi connectivity index (χ3v) is 5.37. The molecule has 1 N–H and O–H groups in total. The van der Waals surface area contributed by atoms with Crippen LogP contribution in [-0.2, 0) is 9.84 Å². The van der Waals surface area contributed by atoms with Gasteiger partial charge in [0.15, 0.2) is 0 Å². The van der Waals surface area contributed by atoms with Gasteiger partial charge >= 0.3 is 0 Å². The Labute approximate surface area is 86.2 Å². The summed E-state index contributed by atoms with van der Waals surface area (Å²) >= 11 is 0. The number of hydrogen-bond acceptors (Lipinski definition) is 3. The zero-order chi connectivity index (χ0) is 10.2. The van der Waals surface area contributed by atoms with Crippen molar-refractivity contribution in [3.63, 3.8) is 0 Å². The van der Waals surface area contributed by atoms with E-state index in [9.17, 15) is 8.42 Å². The Morgan fingerprint density at radius 3 is 2.29 bits per heavy atom. The van der Waals surface area contributed by atoms with Crippen molar-refractivity contribution in [1.82, 2.24) is 5.32 Å². The van der Waals surface area contributed by atoms with Gasteiger partial charge in [0.2, 0.25) is 0 Å². The van der Waals surface area contributed by atoms with Gasteiger partial charge in [-0.15, -0.1) is 0 Å². The summed E-state index contributed by atoms with van der Waals surface area (Å²) in [6, 6.07) is 0.624. The van der Waals surface area contributed by atoms with E-state index in [1.807, 2.05) is 0 Å². The Morgan fingerprint density at radius 2 is 1.79 bits per heavy atom. The molecule has 3 nitrogen and oxygen atoms in total. The van der Waals surface area contributed by atoms with E-state index >= 15 is 0 Å². The first-order chi connectivity index (χ1) is 6.57. The summed E-state index contributed by atoms with van der Waals surface area (Å²) in [6.45, 7) is 3.30. The van der Waals surface area contributed by atoms with E-state index in [1.165, 1.54) is 6.42 Å². The van der Waals surface area contributed by atoms with Gasteiger partial charge in [0, 0.05) is 6.04 Å². The molecule has 82 valence electrons. The zero-order valence-electron chi connectivity index (χ0n) is 8.70. The van der Waals surface area contributed by atoms with Crippen molar-refractivity contribution in [3.8, 4) is 0 Å². The summed E-state index contributed by atoms with van der Waals surface area (Å²) in [4.78, 5) is 0. The van der Waals surface area contributed by atoms with E-state index in [0.717, 1.165) is 25.3 Å². The molecule has 4 heteroatoms. The molecule has 0 spiro atoms. The average molecular weight is 217 g/mol. The maximum atomic E-state index is 11.3. The molecule has 2 rings (SSSR count). The quantitative estimate of drug-likeness (QED) is 0.707. The summed E-state index contributed by atoms with van der Waals surface area (Å²) in [7, 11) is -2.68. The van der Waals surface area contributed by atoms with Crippen LogP contribution in [-0.4, -0.2) is 32.5 Å². The van der Waals surface area contributed by atoms with E-state index in [1.54, 1.807) is 0 Å². The topological polar surface area (TPSA) is 46.2 Å². The number of nitrogens with one attached hydrogen (secondary N) is 1. The summed E-state index contributed by atoms with van der Waals surface area (Å²) in [6.07, 6.45) is 3.01. The summed E-state index contributed by atoms with van der Waals surface area (Å²) in [5.74, 6) is 2.21. The molecule has 2 saturated heterocycles. The van der Waals surface area contributed by atoms with Crippen molar-refractivity contribution < 1.29 is 8.42 Å². The van der Waals surface area contributed by atoms with Crippen LogP contribution in [0.1, 0.15) is 26.2 Å². The monoisotopic (exact) mass is 217 g/mol. The highest BCUT2D eigenvalue weighted by atomic mass is 32.2. The molecule has 2 fully saturated rings. The SMILES string of the molecule is CC1CC(C2CCS(=O)(=O)CC2)CN1. The van der Waals surface area contributed by atoms with E-state index in [4.69, 9.17) is 0 Å². The minimum absolute atomic E-state index is 0.419. The average Bonchev–Trinajstić information content (AvgIpc) is 2.52. The van der Waals surface area contributed by atoms with Crippen LogP contribution < -0.4 is 5.32 Å². The summed E-state index contributed by atoms with van der Waals surface area (Å²) < 4.78 is 22.5. The van der Waals surface area contributed by atoms with Gasteiger partial charge in [0.05, 0.1) is 11.5 Å². The fourth-order valence-electron chi connectivity index (χ4n) is 2.71. The predicted molar refractivity (Wildman–Crippen MR) is 56.9 cm³/mol. The van der Waals surface area contributed by atoms with Crippen molar-refractivity contribution in [2.75, 3.05) is 18.1 Å². The van der Waals surface area contributed by atoms with Crippen LogP contribution >= 0.6 is 0 Å². The molecular formula is C10H19NO2S. The zero-order valence-corrected chi connectivity index (χ0v) is 9.52. The maximum absolute atomic E-state index is 11.3. The Hall–Kier alpha value is -0.0900. The molecule has 2 unspecified atom stereocenters. The predicted octanol–water partition coefficient (Wildman–Crippen LogP) is 0.809. The van der Waals surface area contributed by atoms with Gasteiger partial charge in [-0.1, -0.05) is 0 Å². The molecule has 2 atom stereocenters. The fraction of sp³-hybridized carbons (Fsp3) is 1.00. The van der Waals surface area contributed by atoms with Crippen LogP contribution in [0.3, 0.4) is 0 Å². The van der Waals surface area contributed by atoms with Gasteiger partial charge in [-0.25, -0.2) is 8.42 Å². The molecule has 0 saturated carbocycles. The lowest BCUT2D eigenvalue weighted by Gasteiger charge is -2.26. The lowest BCUT2D eigenvalue weighted by molar-refractivity contribution is 0.324. The van der Waals surface area contributed by atoms with Crippen molar-refractivity contribution in [2.45, 2.75) is 32.2 Å². The highest BCUT2D eigenvalue weighted by Gasteiger charge is 2.32. The van der Waals surface area contributed by atoms with E-state index < -0.39 is 9.84 Å². The number of rotatable bonds is 1. The normalized spacial score (nSPS) is 38.6. The minimum atomic E-state index is -2.68. The van der Waals surface area contributed by atoms with Crippen molar-refractivity contribution in [3.05, 3.63) is 0 Å². The molecule has 0 aromatic carbocycles. The molecule has 14 heavy (non-hydrogen) atoms. The van der Waals surface area contributed by atoms with Gasteiger partial charge < -0.3 is 5.32 Å². The van der Waals surface area contributed by atoms with E-state index in [2.05, 4.69) is 12.2 Å². The van der Waals surface area contributed by atoms with Crippen LogP contribution in [0.5, 0.6) is 0 Å². The fourth-order valence-corrected chi connectivity index (χ4v) is 4.24. The summed E-state index contributed by atoms with van der Waals surface area (Å²) in [5.41, 5.74) is 0. The van der Waals surface area contributed by atoms with Gasteiger partial charge in [-0.05, 0) is 44.6 Å². The van der Waals surface area contributed by atoms with Crippen molar-refractivity contribution in [2.24, 2.45) is 11.8 Å². The van der Waals surface area contributed by atoms with E-state index in [0.29, 0.717) is 23.5 Å². The lowest BCUT2D eigenvalue weighted by atomic mass is 9.86. The van der Waals surface area contributed by atoms with Crippen LogP contribution in [0, 0.1) is 11.8 Å². The molecular weight excluding hydrogens is 198 g/mol. The second-order valence-electron chi connectivity index (χ2n) is 4.79. The van der Waals surface area contributed by atoms with E-state index in [-0.39, 0.29) is 0 Å². The first kappa shape index (κ1) is 10.4. The first-order valence-electron chi connectivity index (χ1n) is 5.50. The van der Waals surface area contributed by atoms with Crippen LogP contribution in [0.25, 0.3) is 0 Å². The standard InChI is InChI=1S/C10H19NO2S/c1-8-6-10(7-11-8)9-2-4-14(12,13)5-3-9/h8-11H,2-7H2,1H3. The van der Waals surface area contributed by atoms with Gasteiger partial charge in [-0.3, -0.25) is 0 Å². The summed E-state index contributed by atoms with van der Waals surface area (Å²) in [5, 5.41) is 3.44. The molecule has 0 amide bonds. The maximum Gasteiger partial charge on any atom is 0.150 e. The highest BCUT2D eigenvalue weighted by molar-refractivity contribution is 7.91. The minimum Gasteiger partial charge on any atom is -0.314 e. The molecule has 2 aliphatic rings. The van der Waals surface area contributed by atoms with Crippen molar-refractivity contribution in [1.29, 1.82) is 0 Å². The van der Waals surface area contributed by atoms with Crippen LogP contribution in [0.4, 0.5) is 0 Å². The Morgan fingerprint density at radius 1 is 1.14 bits per heavy atom.